The topological polar surface area (TPSA) is 0 Å². The molecule has 0 radical (unpaired) electrons. The average molecular weight is 210 g/mol. The van der Waals surface area contributed by atoms with Crippen molar-refractivity contribution in [2.45, 2.75) is 79.6 Å². The smallest absolute Gasteiger partial charge is 0.0280 e. The summed E-state index contributed by atoms with van der Waals surface area (Å²) in [6, 6.07) is 0. The van der Waals surface area contributed by atoms with Gasteiger partial charge < -0.3 is 0 Å². The molecule has 15 heavy (non-hydrogen) atoms. The molecule has 1 rings (SSSR count). The van der Waals surface area contributed by atoms with Gasteiger partial charge in [-0.05, 0) is 32.1 Å². The van der Waals surface area contributed by atoms with Crippen molar-refractivity contribution in [2.24, 2.45) is 5.92 Å². The van der Waals surface area contributed by atoms with Crippen LogP contribution in [-0.4, -0.2) is 0 Å². The minimum atomic E-state index is 0.928. The average Bonchev–Trinajstić information content (AvgIpc) is 2.27. The Morgan fingerprint density at radius 1 is 1.13 bits per heavy atom. The van der Waals surface area contributed by atoms with Gasteiger partial charge in [0, 0.05) is 0 Å². The van der Waals surface area contributed by atoms with Crippen molar-refractivity contribution in [3.05, 3.63) is 11.1 Å². The van der Waals surface area contributed by atoms with Crippen LogP contribution in [0.3, 0.4) is 0 Å². The molecule has 1 aliphatic rings. The number of unbranched alkanes of at least 4 members (excludes halogenated alkanes) is 2. The van der Waals surface area contributed by atoms with Gasteiger partial charge in [-0.1, -0.05) is 64.5 Å². The van der Waals surface area contributed by atoms with Crippen LogP contribution in [0.25, 0.3) is 0 Å². The Morgan fingerprint density at radius 3 is 2.20 bits per heavy atom. The van der Waals surface area contributed by atoms with E-state index >= 15 is 0 Å². The summed E-state index contributed by atoms with van der Waals surface area (Å²) in [5, 5.41) is 0. The highest BCUT2D eigenvalue weighted by atomic mass is 14.2. The molecule has 90 valence electrons. The molecule has 0 N–H and O–H groups in total. The molecule has 0 aromatic carbocycles. The molecular weight excluding hydrogens is 180 g/mol. The largest absolute Gasteiger partial charge is 0.0738 e. The maximum absolute atomic E-state index is 2.41. The number of hydrogen-bond acceptors (Lipinski definition) is 0. The quantitative estimate of drug-likeness (QED) is 0.388. The van der Waals surface area contributed by atoms with Gasteiger partial charge in [0.2, 0.25) is 0 Å². The summed E-state index contributed by atoms with van der Waals surface area (Å²) >= 11 is 0. The zero-order valence-corrected chi connectivity index (χ0v) is 11.5. The third-order valence-electron chi connectivity index (χ3n) is 3.30. The van der Waals surface area contributed by atoms with Gasteiger partial charge in [0.1, 0.15) is 0 Å². The van der Waals surface area contributed by atoms with E-state index in [1.807, 2.05) is 13.8 Å². The molecule has 0 amide bonds. The van der Waals surface area contributed by atoms with Crippen LogP contribution in [0.5, 0.6) is 0 Å². The normalized spacial score (nSPS) is 16.6. The molecule has 0 saturated heterocycles. The second-order valence-corrected chi connectivity index (χ2v) is 4.69. The molecule has 0 nitrogen and oxygen atoms in total. The van der Waals surface area contributed by atoms with Crippen LogP contribution in [-0.2, 0) is 0 Å². The SMILES string of the molecule is CC.CCCCCC(C)CC1=C(C)CC1. The van der Waals surface area contributed by atoms with Crippen LogP contribution in [0.1, 0.15) is 79.6 Å². The van der Waals surface area contributed by atoms with Gasteiger partial charge >= 0.3 is 0 Å². The first kappa shape index (κ1) is 14.7. The van der Waals surface area contributed by atoms with Gasteiger partial charge in [0.25, 0.3) is 0 Å². The van der Waals surface area contributed by atoms with E-state index in [1.165, 1.54) is 44.9 Å². The molecule has 1 unspecified atom stereocenters. The van der Waals surface area contributed by atoms with Crippen molar-refractivity contribution in [2.75, 3.05) is 0 Å². The Balaban J connectivity index is 0.000000921. The molecule has 0 aromatic rings. The molecule has 1 aliphatic carbocycles. The predicted molar refractivity (Wildman–Crippen MR) is 71.2 cm³/mol. The molecule has 0 fully saturated rings. The summed E-state index contributed by atoms with van der Waals surface area (Å²) in [4.78, 5) is 0. The standard InChI is InChI=1S/C13H24.C2H6/c1-4-5-6-7-11(2)10-13-9-8-12(13)3;1-2/h11H,4-10H2,1-3H3;1-2H3. The summed E-state index contributed by atoms with van der Waals surface area (Å²) in [5.41, 5.74) is 3.45. The molecule has 0 heteroatoms. The van der Waals surface area contributed by atoms with Crippen molar-refractivity contribution in [1.82, 2.24) is 0 Å². The molecule has 0 aliphatic heterocycles. The van der Waals surface area contributed by atoms with Crippen molar-refractivity contribution < 1.29 is 0 Å². The van der Waals surface area contributed by atoms with Crippen LogP contribution in [0.4, 0.5) is 0 Å². The summed E-state index contributed by atoms with van der Waals surface area (Å²) < 4.78 is 0. The summed E-state index contributed by atoms with van der Waals surface area (Å²) in [6.45, 7) is 11.0. The monoisotopic (exact) mass is 210 g/mol. The summed E-state index contributed by atoms with van der Waals surface area (Å²) in [6.07, 6.45) is 9.79. The maximum atomic E-state index is 2.41. The molecule has 0 bridgehead atoms. The van der Waals surface area contributed by atoms with E-state index in [2.05, 4.69) is 20.8 Å². The first-order valence-electron chi connectivity index (χ1n) is 6.91. The zero-order valence-electron chi connectivity index (χ0n) is 11.5. The Kier molecular flexibility index (Phi) is 8.85. The molecule has 1 atom stereocenters. The lowest BCUT2D eigenvalue weighted by Crippen LogP contribution is -2.06. The summed E-state index contributed by atoms with van der Waals surface area (Å²) in [5.74, 6) is 0.928. The third-order valence-corrected chi connectivity index (χ3v) is 3.30. The highest BCUT2D eigenvalue weighted by Gasteiger charge is 2.15. The second kappa shape index (κ2) is 9.00. The van der Waals surface area contributed by atoms with E-state index in [0.717, 1.165) is 5.92 Å². The Morgan fingerprint density at radius 2 is 1.80 bits per heavy atom. The predicted octanol–water partition coefficient (Wildman–Crippen LogP) is 5.73. The first-order chi connectivity index (χ1) is 7.24. The third kappa shape index (κ3) is 6.02. The Hall–Kier alpha value is -0.260. The van der Waals surface area contributed by atoms with E-state index in [9.17, 15) is 0 Å². The van der Waals surface area contributed by atoms with Crippen molar-refractivity contribution in [1.29, 1.82) is 0 Å². The second-order valence-electron chi connectivity index (χ2n) is 4.69. The first-order valence-corrected chi connectivity index (χ1v) is 6.91. The van der Waals surface area contributed by atoms with Gasteiger partial charge in [-0.3, -0.25) is 0 Å². The fourth-order valence-electron chi connectivity index (χ4n) is 2.09. The lowest BCUT2D eigenvalue weighted by atomic mass is 9.82. The fraction of sp³-hybridized carbons (Fsp3) is 0.867. The highest BCUT2D eigenvalue weighted by Crippen LogP contribution is 2.33. The Labute approximate surface area is 97.2 Å². The number of allylic oxidation sites excluding steroid dienone is 2. The summed E-state index contributed by atoms with van der Waals surface area (Å²) in [7, 11) is 0. The van der Waals surface area contributed by atoms with Crippen molar-refractivity contribution >= 4 is 0 Å². The number of hydrogen-bond donors (Lipinski definition) is 0. The zero-order chi connectivity index (χ0) is 11.7. The van der Waals surface area contributed by atoms with E-state index in [-0.39, 0.29) is 0 Å². The minimum absolute atomic E-state index is 0.928. The Bertz CT molecular complexity index is 176. The van der Waals surface area contributed by atoms with E-state index in [4.69, 9.17) is 0 Å². The molecule has 0 heterocycles. The van der Waals surface area contributed by atoms with Crippen LogP contribution in [0.2, 0.25) is 0 Å². The van der Waals surface area contributed by atoms with Crippen LogP contribution in [0.15, 0.2) is 11.1 Å². The molecular formula is C15H30. The van der Waals surface area contributed by atoms with Gasteiger partial charge in [0.15, 0.2) is 0 Å². The van der Waals surface area contributed by atoms with E-state index in [0.29, 0.717) is 0 Å². The molecule has 0 spiro atoms. The minimum Gasteiger partial charge on any atom is -0.0738 e. The van der Waals surface area contributed by atoms with Gasteiger partial charge in [-0.2, -0.15) is 0 Å². The lowest BCUT2D eigenvalue weighted by molar-refractivity contribution is 0.475. The van der Waals surface area contributed by atoms with Gasteiger partial charge in [-0.15, -0.1) is 0 Å². The molecule has 0 saturated carbocycles. The fourth-order valence-corrected chi connectivity index (χ4v) is 2.09. The molecule has 0 aromatic heterocycles. The van der Waals surface area contributed by atoms with Crippen LogP contribution >= 0.6 is 0 Å². The van der Waals surface area contributed by atoms with Gasteiger partial charge in [-0.25, -0.2) is 0 Å². The maximum Gasteiger partial charge on any atom is -0.0280 e. The van der Waals surface area contributed by atoms with Crippen LogP contribution in [0, 0.1) is 5.92 Å². The van der Waals surface area contributed by atoms with Gasteiger partial charge in [0.05, 0.1) is 0 Å². The van der Waals surface area contributed by atoms with E-state index < -0.39 is 0 Å². The lowest BCUT2D eigenvalue weighted by Gasteiger charge is -2.23. The number of rotatable bonds is 6. The van der Waals surface area contributed by atoms with Crippen molar-refractivity contribution in [3.8, 4) is 0 Å². The van der Waals surface area contributed by atoms with Crippen molar-refractivity contribution in [3.63, 3.8) is 0 Å². The highest BCUT2D eigenvalue weighted by molar-refractivity contribution is 5.22. The van der Waals surface area contributed by atoms with Crippen LogP contribution < -0.4 is 0 Å². The van der Waals surface area contributed by atoms with E-state index in [1.54, 1.807) is 11.1 Å².